The van der Waals surface area contributed by atoms with Crippen LogP contribution in [-0.2, 0) is 6.42 Å². The maximum atomic E-state index is 4.58. The van der Waals surface area contributed by atoms with E-state index < -0.39 is 0 Å². The molecule has 1 N–H and O–H groups in total. The van der Waals surface area contributed by atoms with Crippen LogP contribution in [0.25, 0.3) is 0 Å². The summed E-state index contributed by atoms with van der Waals surface area (Å²) < 4.78 is 0. The van der Waals surface area contributed by atoms with Gasteiger partial charge in [0.05, 0.1) is 5.69 Å². The van der Waals surface area contributed by atoms with Crippen LogP contribution in [0.1, 0.15) is 51.6 Å². The van der Waals surface area contributed by atoms with Gasteiger partial charge in [-0.25, -0.2) is 4.98 Å². The van der Waals surface area contributed by atoms with Crippen molar-refractivity contribution in [3.05, 3.63) is 11.1 Å². The molecule has 1 aromatic rings. The minimum absolute atomic E-state index is 0.662. The van der Waals surface area contributed by atoms with Gasteiger partial charge >= 0.3 is 0 Å². The fraction of sp³-hybridized carbons (Fsp3) is 0.769. The summed E-state index contributed by atoms with van der Waals surface area (Å²) in [7, 11) is 0. The third-order valence-electron chi connectivity index (χ3n) is 3.60. The predicted octanol–water partition coefficient (Wildman–Crippen LogP) is 4.09. The molecule has 0 spiro atoms. The number of nitrogens with zero attached hydrogens (tertiary/aromatic N) is 1. The van der Waals surface area contributed by atoms with Crippen LogP contribution >= 0.6 is 11.3 Å². The second-order valence-corrected chi connectivity index (χ2v) is 5.64. The number of rotatable bonds is 4. The topological polar surface area (TPSA) is 24.9 Å². The van der Waals surface area contributed by atoms with E-state index in [4.69, 9.17) is 0 Å². The van der Waals surface area contributed by atoms with Crippen LogP contribution in [0.4, 0.5) is 5.13 Å². The zero-order valence-corrected chi connectivity index (χ0v) is 11.1. The van der Waals surface area contributed by atoms with E-state index in [1.54, 1.807) is 11.3 Å². The summed E-state index contributed by atoms with van der Waals surface area (Å²) in [5.74, 6) is 0.928. The molecule has 1 saturated carbocycles. The lowest BCUT2D eigenvalue weighted by Gasteiger charge is -2.28. The van der Waals surface area contributed by atoms with E-state index in [0.29, 0.717) is 6.04 Å². The molecule has 2 unspecified atom stereocenters. The minimum Gasteiger partial charge on any atom is -0.359 e. The van der Waals surface area contributed by atoms with Gasteiger partial charge in [0.2, 0.25) is 0 Å². The maximum Gasteiger partial charge on any atom is 0.183 e. The van der Waals surface area contributed by atoms with Crippen molar-refractivity contribution in [3.8, 4) is 0 Å². The van der Waals surface area contributed by atoms with Gasteiger partial charge in [0.15, 0.2) is 5.13 Å². The van der Waals surface area contributed by atoms with Crippen molar-refractivity contribution < 1.29 is 0 Å². The van der Waals surface area contributed by atoms with Crippen LogP contribution in [0, 0.1) is 5.92 Å². The van der Waals surface area contributed by atoms with E-state index in [1.807, 2.05) is 0 Å². The number of aryl methyl sites for hydroxylation is 1. The van der Waals surface area contributed by atoms with Gasteiger partial charge in [-0.2, -0.15) is 0 Å². The summed E-state index contributed by atoms with van der Waals surface area (Å²) in [4.78, 5) is 4.58. The van der Waals surface area contributed by atoms with Gasteiger partial charge < -0.3 is 5.32 Å². The molecule has 0 amide bonds. The zero-order chi connectivity index (χ0) is 11.4. The van der Waals surface area contributed by atoms with Crippen molar-refractivity contribution >= 4 is 16.5 Å². The lowest BCUT2D eigenvalue weighted by molar-refractivity contribution is 0.327. The Balaban J connectivity index is 1.88. The highest BCUT2D eigenvalue weighted by molar-refractivity contribution is 7.13. The second-order valence-electron chi connectivity index (χ2n) is 4.78. The molecule has 1 aliphatic carbocycles. The van der Waals surface area contributed by atoms with Crippen molar-refractivity contribution in [3.63, 3.8) is 0 Å². The molecule has 1 fully saturated rings. The molecule has 2 atom stereocenters. The smallest absolute Gasteiger partial charge is 0.183 e. The number of nitrogens with one attached hydrogen (secondary N) is 1. The molecule has 1 aromatic heterocycles. The molecule has 0 saturated heterocycles. The maximum absolute atomic E-state index is 4.58. The summed E-state index contributed by atoms with van der Waals surface area (Å²) in [5.41, 5.74) is 1.22. The molecule has 0 aliphatic heterocycles. The van der Waals surface area contributed by atoms with E-state index in [2.05, 4.69) is 29.5 Å². The number of anilines is 1. The Morgan fingerprint density at radius 2 is 2.31 bits per heavy atom. The van der Waals surface area contributed by atoms with Gasteiger partial charge in [0.1, 0.15) is 0 Å². The summed E-state index contributed by atoms with van der Waals surface area (Å²) in [6, 6.07) is 0.662. The average Bonchev–Trinajstić information content (AvgIpc) is 2.77. The fourth-order valence-electron chi connectivity index (χ4n) is 2.50. The van der Waals surface area contributed by atoms with Crippen LogP contribution in [0.3, 0.4) is 0 Å². The summed E-state index contributed by atoms with van der Waals surface area (Å²) >= 11 is 1.75. The summed E-state index contributed by atoms with van der Waals surface area (Å²) in [6.07, 6.45) is 7.82. The van der Waals surface area contributed by atoms with Crippen molar-refractivity contribution in [1.29, 1.82) is 0 Å². The van der Waals surface area contributed by atoms with Crippen molar-refractivity contribution in [1.82, 2.24) is 4.98 Å². The largest absolute Gasteiger partial charge is 0.359 e. The van der Waals surface area contributed by atoms with Crippen molar-refractivity contribution in [2.24, 2.45) is 5.92 Å². The van der Waals surface area contributed by atoms with Gasteiger partial charge in [0, 0.05) is 11.4 Å². The van der Waals surface area contributed by atoms with Crippen molar-refractivity contribution in [2.75, 3.05) is 5.32 Å². The van der Waals surface area contributed by atoms with E-state index in [1.165, 1.54) is 37.8 Å². The number of aromatic nitrogens is 1. The highest BCUT2D eigenvalue weighted by Crippen LogP contribution is 2.29. The third-order valence-corrected chi connectivity index (χ3v) is 4.42. The molecular weight excluding hydrogens is 216 g/mol. The van der Waals surface area contributed by atoms with Gasteiger partial charge in [-0.15, -0.1) is 11.3 Å². The first kappa shape index (κ1) is 11.9. The average molecular weight is 238 g/mol. The first-order valence-corrected chi connectivity index (χ1v) is 7.40. The van der Waals surface area contributed by atoms with Gasteiger partial charge in [-0.05, 0) is 25.2 Å². The quantitative estimate of drug-likeness (QED) is 0.854. The SMILES string of the molecule is CCc1csc(NC2CCCC(CC)C2)n1. The number of hydrogen-bond acceptors (Lipinski definition) is 3. The monoisotopic (exact) mass is 238 g/mol. The molecule has 16 heavy (non-hydrogen) atoms. The molecule has 1 aliphatic rings. The first-order valence-electron chi connectivity index (χ1n) is 6.52. The van der Waals surface area contributed by atoms with E-state index in [-0.39, 0.29) is 0 Å². The standard InChI is InChI=1S/C13H22N2S/c1-3-10-6-5-7-12(8-10)15-13-14-11(4-2)9-16-13/h9-10,12H,3-8H2,1-2H3,(H,14,15). The Labute approximate surface area is 102 Å². The van der Waals surface area contributed by atoms with Crippen LogP contribution in [0.2, 0.25) is 0 Å². The molecule has 0 radical (unpaired) electrons. The van der Waals surface area contributed by atoms with Gasteiger partial charge in [-0.3, -0.25) is 0 Å². The van der Waals surface area contributed by atoms with Crippen LogP contribution in [-0.4, -0.2) is 11.0 Å². The van der Waals surface area contributed by atoms with E-state index >= 15 is 0 Å². The normalized spacial score (nSPS) is 25.6. The lowest BCUT2D eigenvalue weighted by Crippen LogP contribution is -2.26. The Bertz CT molecular complexity index is 321. The molecule has 90 valence electrons. The second kappa shape index (κ2) is 5.67. The molecular formula is C13H22N2S. The van der Waals surface area contributed by atoms with Crippen molar-refractivity contribution in [2.45, 2.75) is 58.4 Å². The minimum atomic E-state index is 0.662. The van der Waals surface area contributed by atoms with Crippen LogP contribution < -0.4 is 5.32 Å². The summed E-state index contributed by atoms with van der Waals surface area (Å²) in [5, 5.41) is 6.90. The molecule has 0 bridgehead atoms. The number of thiazole rings is 1. The molecule has 0 aromatic carbocycles. The Morgan fingerprint density at radius 1 is 1.44 bits per heavy atom. The summed E-state index contributed by atoms with van der Waals surface area (Å²) in [6.45, 7) is 4.47. The molecule has 2 rings (SSSR count). The highest BCUT2D eigenvalue weighted by Gasteiger charge is 2.21. The van der Waals surface area contributed by atoms with Gasteiger partial charge in [0.25, 0.3) is 0 Å². The van der Waals surface area contributed by atoms with Crippen LogP contribution in [0.5, 0.6) is 0 Å². The number of hydrogen-bond donors (Lipinski definition) is 1. The lowest BCUT2D eigenvalue weighted by atomic mass is 9.84. The van der Waals surface area contributed by atoms with E-state index in [9.17, 15) is 0 Å². The fourth-order valence-corrected chi connectivity index (χ4v) is 3.37. The zero-order valence-electron chi connectivity index (χ0n) is 10.3. The molecule has 3 heteroatoms. The third kappa shape index (κ3) is 2.97. The van der Waals surface area contributed by atoms with Crippen LogP contribution in [0.15, 0.2) is 5.38 Å². The predicted molar refractivity (Wildman–Crippen MR) is 71.2 cm³/mol. The molecule has 2 nitrogen and oxygen atoms in total. The highest BCUT2D eigenvalue weighted by atomic mass is 32.1. The Kier molecular flexibility index (Phi) is 4.22. The van der Waals surface area contributed by atoms with Gasteiger partial charge in [-0.1, -0.05) is 33.1 Å². The Hall–Kier alpha value is -0.570. The first-order chi connectivity index (χ1) is 7.81. The van der Waals surface area contributed by atoms with E-state index in [0.717, 1.165) is 17.5 Å². The Morgan fingerprint density at radius 3 is 3.00 bits per heavy atom. The molecule has 1 heterocycles.